The van der Waals surface area contributed by atoms with E-state index in [1.165, 1.54) is 18.7 Å². The average Bonchev–Trinajstić information content (AvgIpc) is 3.14. The van der Waals surface area contributed by atoms with E-state index in [1.54, 1.807) is 28.8 Å². The number of hydrogen-bond donors (Lipinski definition) is 1. The van der Waals surface area contributed by atoms with Crippen LogP contribution in [0, 0.1) is 0 Å². The number of thioether (sulfide) groups is 1. The minimum Gasteiger partial charge on any atom is -0.344 e. The molecule has 0 radical (unpaired) electrons. The lowest BCUT2D eigenvalue weighted by Gasteiger charge is -2.16. The van der Waals surface area contributed by atoms with E-state index in [9.17, 15) is 14.4 Å². The third-order valence-electron chi connectivity index (χ3n) is 5.48. The summed E-state index contributed by atoms with van der Waals surface area (Å²) >= 11 is 1.22. The van der Waals surface area contributed by atoms with Crippen LogP contribution in [-0.2, 0) is 11.8 Å². The maximum atomic E-state index is 13.4. The lowest BCUT2D eigenvalue weighted by Crippen LogP contribution is -2.26. The molecule has 0 unspecified atom stereocenters. The summed E-state index contributed by atoms with van der Waals surface area (Å²) in [6.07, 6.45) is 1.92. The predicted molar refractivity (Wildman–Crippen MR) is 137 cm³/mol. The average molecular weight is 475 g/mol. The molecule has 34 heavy (non-hydrogen) atoms. The van der Waals surface area contributed by atoms with Crippen LogP contribution >= 0.6 is 11.8 Å². The van der Waals surface area contributed by atoms with Crippen LogP contribution in [0.15, 0.2) is 70.7 Å². The van der Waals surface area contributed by atoms with Gasteiger partial charge < -0.3 is 9.88 Å². The molecule has 0 atom stereocenters. The quantitative estimate of drug-likeness (QED) is 0.234. The minimum atomic E-state index is -0.244. The zero-order valence-electron chi connectivity index (χ0n) is 19.5. The molecule has 7 nitrogen and oxygen atoms in total. The van der Waals surface area contributed by atoms with Crippen molar-refractivity contribution < 1.29 is 9.59 Å². The van der Waals surface area contributed by atoms with Gasteiger partial charge in [-0.15, -0.1) is 0 Å². The molecule has 1 amide bonds. The van der Waals surface area contributed by atoms with Crippen LogP contribution in [-0.4, -0.2) is 31.6 Å². The molecule has 0 aliphatic carbocycles. The fraction of sp³-hybridized carbons (Fsp3) is 0.231. The normalized spacial score (nSPS) is 11.2. The Kier molecular flexibility index (Phi) is 6.70. The number of aryl methyl sites for hydroxylation is 1. The van der Waals surface area contributed by atoms with E-state index in [1.807, 2.05) is 62.0 Å². The highest BCUT2D eigenvalue weighted by Crippen LogP contribution is 2.30. The SMILES string of the molecule is CC(=O)c1cccc(NC(=O)CSc2nc3c(-c4ccccc4)cn(C)c3c(=O)n2C(C)C)c1. The van der Waals surface area contributed by atoms with E-state index in [-0.39, 0.29) is 29.0 Å². The predicted octanol–water partition coefficient (Wildman–Crippen LogP) is 4.92. The van der Waals surface area contributed by atoms with Gasteiger partial charge in [-0.25, -0.2) is 4.98 Å². The second-order valence-electron chi connectivity index (χ2n) is 8.35. The summed E-state index contributed by atoms with van der Waals surface area (Å²) in [5.74, 6) is -0.240. The minimum absolute atomic E-state index is 0.0685. The van der Waals surface area contributed by atoms with Gasteiger partial charge in [0.1, 0.15) is 11.0 Å². The molecule has 2 aromatic heterocycles. The summed E-state index contributed by atoms with van der Waals surface area (Å²) in [7, 11) is 1.85. The van der Waals surface area contributed by atoms with Crippen molar-refractivity contribution in [2.24, 2.45) is 7.05 Å². The largest absolute Gasteiger partial charge is 0.344 e. The number of amides is 1. The van der Waals surface area contributed by atoms with E-state index < -0.39 is 0 Å². The third kappa shape index (κ3) is 4.68. The van der Waals surface area contributed by atoms with Crippen LogP contribution in [0.5, 0.6) is 0 Å². The van der Waals surface area contributed by atoms with Crippen molar-refractivity contribution >= 4 is 40.2 Å². The van der Waals surface area contributed by atoms with E-state index in [2.05, 4.69) is 5.32 Å². The maximum Gasteiger partial charge on any atom is 0.278 e. The zero-order valence-corrected chi connectivity index (χ0v) is 20.3. The van der Waals surface area contributed by atoms with Crippen molar-refractivity contribution in [3.8, 4) is 11.1 Å². The van der Waals surface area contributed by atoms with Gasteiger partial charge in [-0.2, -0.15) is 0 Å². The summed E-state index contributed by atoms with van der Waals surface area (Å²) in [5.41, 5.74) is 3.94. The number of ketones is 1. The third-order valence-corrected chi connectivity index (χ3v) is 6.43. The molecule has 4 rings (SSSR count). The molecule has 4 aromatic rings. The molecule has 0 saturated heterocycles. The topological polar surface area (TPSA) is 86.0 Å². The van der Waals surface area contributed by atoms with Gasteiger partial charge in [0.2, 0.25) is 5.91 Å². The van der Waals surface area contributed by atoms with Gasteiger partial charge in [-0.05, 0) is 38.5 Å². The number of aromatic nitrogens is 3. The van der Waals surface area contributed by atoms with Crippen molar-refractivity contribution in [1.29, 1.82) is 0 Å². The zero-order chi connectivity index (χ0) is 24.4. The molecule has 174 valence electrons. The smallest absolute Gasteiger partial charge is 0.278 e. The fourth-order valence-electron chi connectivity index (χ4n) is 3.86. The Labute approximate surface area is 201 Å². The number of anilines is 1. The molecule has 0 saturated carbocycles. The van der Waals surface area contributed by atoms with Crippen molar-refractivity contribution in [3.63, 3.8) is 0 Å². The number of carbonyl (C=O) groups excluding carboxylic acids is 2. The first kappa shape index (κ1) is 23.5. The monoisotopic (exact) mass is 474 g/mol. The number of hydrogen-bond acceptors (Lipinski definition) is 5. The van der Waals surface area contributed by atoms with E-state index in [0.717, 1.165) is 11.1 Å². The van der Waals surface area contributed by atoms with Crippen molar-refractivity contribution in [2.45, 2.75) is 32.0 Å². The van der Waals surface area contributed by atoms with Crippen LogP contribution < -0.4 is 10.9 Å². The first-order chi connectivity index (χ1) is 16.3. The van der Waals surface area contributed by atoms with Crippen LogP contribution in [0.2, 0.25) is 0 Å². The number of fused-ring (bicyclic) bond motifs is 1. The molecule has 2 heterocycles. The van der Waals surface area contributed by atoms with Crippen molar-refractivity contribution in [1.82, 2.24) is 14.1 Å². The standard InChI is InChI=1S/C26H26N4O3S/c1-16(2)30-25(33)24-23(21(14-29(24)4)18-9-6-5-7-10-18)28-26(30)34-15-22(32)27-20-12-8-11-19(13-20)17(3)31/h5-14,16H,15H2,1-4H3,(H,27,32). The van der Waals surface area contributed by atoms with Gasteiger partial charge in [-0.3, -0.25) is 19.0 Å². The highest BCUT2D eigenvalue weighted by molar-refractivity contribution is 7.99. The van der Waals surface area contributed by atoms with E-state index in [0.29, 0.717) is 27.4 Å². The lowest BCUT2D eigenvalue weighted by molar-refractivity contribution is -0.113. The molecule has 0 bridgehead atoms. The molecular weight excluding hydrogens is 448 g/mol. The number of benzene rings is 2. The van der Waals surface area contributed by atoms with E-state index in [4.69, 9.17) is 4.98 Å². The number of carbonyl (C=O) groups is 2. The molecule has 0 fully saturated rings. The van der Waals surface area contributed by atoms with Gasteiger partial charge in [0.25, 0.3) is 5.56 Å². The number of Topliss-reactive ketones (excluding diaryl/α,β-unsaturated/α-hetero) is 1. The lowest BCUT2D eigenvalue weighted by atomic mass is 10.1. The highest BCUT2D eigenvalue weighted by atomic mass is 32.2. The summed E-state index contributed by atoms with van der Waals surface area (Å²) in [4.78, 5) is 42.6. The summed E-state index contributed by atoms with van der Waals surface area (Å²) < 4.78 is 3.44. The van der Waals surface area contributed by atoms with Gasteiger partial charge in [0.05, 0.1) is 5.75 Å². The first-order valence-corrected chi connectivity index (χ1v) is 12.0. The highest BCUT2D eigenvalue weighted by Gasteiger charge is 2.20. The Morgan fingerprint density at radius 3 is 2.50 bits per heavy atom. The maximum absolute atomic E-state index is 13.4. The second kappa shape index (κ2) is 9.69. The Bertz CT molecular complexity index is 1440. The Morgan fingerprint density at radius 2 is 1.82 bits per heavy atom. The summed E-state index contributed by atoms with van der Waals surface area (Å²) in [6.45, 7) is 5.33. The van der Waals surface area contributed by atoms with Crippen molar-refractivity contribution in [3.05, 3.63) is 76.7 Å². The van der Waals surface area contributed by atoms with E-state index >= 15 is 0 Å². The Morgan fingerprint density at radius 1 is 1.09 bits per heavy atom. The summed E-state index contributed by atoms with van der Waals surface area (Å²) in [5, 5.41) is 3.31. The molecule has 0 aliphatic heterocycles. The number of nitrogens with one attached hydrogen (secondary N) is 1. The molecular formula is C26H26N4O3S. The number of nitrogens with zero attached hydrogens (tertiary/aromatic N) is 3. The fourth-order valence-corrected chi connectivity index (χ4v) is 4.78. The van der Waals surface area contributed by atoms with Crippen LogP contribution in [0.25, 0.3) is 22.2 Å². The van der Waals surface area contributed by atoms with Gasteiger partial charge in [0, 0.05) is 36.1 Å². The molecule has 0 spiro atoms. The Hall–Kier alpha value is -3.65. The van der Waals surface area contributed by atoms with Gasteiger partial charge in [0.15, 0.2) is 10.9 Å². The van der Waals surface area contributed by atoms with Gasteiger partial charge >= 0.3 is 0 Å². The number of rotatable bonds is 7. The second-order valence-corrected chi connectivity index (χ2v) is 9.30. The van der Waals surface area contributed by atoms with Crippen LogP contribution in [0.4, 0.5) is 5.69 Å². The molecule has 8 heteroatoms. The molecule has 1 N–H and O–H groups in total. The first-order valence-electron chi connectivity index (χ1n) is 11.0. The Balaban J connectivity index is 1.67. The molecule has 0 aliphatic rings. The van der Waals surface area contributed by atoms with Crippen LogP contribution in [0.3, 0.4) is 0 Å². The van der Waals surface area contributed by atoms with Gasteiger partial charge in [-0.1, -0.05) is 54.2 Å². The van der Waals surface area contributed by atoms with Crippen LogP contribution in [0.1, 0.15) is 37.2 Å². The molecule has 2 aromatic carbocycles. The summed E-state index contributed by atoms with van der Waals surface area (Å²) in [6, 6.07) is 16.5. The van der Waals surface area contributed by atoms with Crippen molar-refractivity contribution in [2.75, 3.05) is 11.1 Å².